The maximum absolute atomic E-state index is 10.3. The van der Waals surface area contributed by atoms with Crippen molar-refractivity contribution in [2.75, 3.05) is 0 Å². The molecule has 4 fully saturated rings. The van der Waals surface area contributed by atoms with Gasteiger partial charge in [0.1, 0.15) is 0 Å². The molecule has 0 unspecified atom stereocenters. The van der Waals surface area contributed by atoms with E-state index in [4.69, 9.17) is 0 Å². The maximum atomic E-state index is 10.3. The van der Waals surface area contributed by atoms with E-state index < -0.39 is 0 Å². The minimum Gasteiger partial charge on any atom is -1.00 e. The summed E-state index contributed by atoms with van der Waals surface area (Å²) >= 11 is 0. The number of hydrogen-bond donors (Lipinski definition) is 1. The van der Waals surface area contributed by atoms with Gasteiger partial charge in [-0.2, -0.15) is 0 Å². The van der Waals surface area contributed by atoms with E-state index >= 15 is 0 Å². The number of rotatable bonds is 0. The van der Waals surface area contributed by atoms with Crippen molar-refractivity contribution in [1.82, 2.24) is 0 Å². The molecule has 4 heteroatoms. The van der Waals surface area contributed by atoms with Crippen LogP contribution in [-0.4, -0.2) is 33.8 Å². The summed E-state index contributed by atoms with van der Waals surface area (Å²) in [4.78, 5) is 0. The molecule has 0 atom stereocenters. The zero-order valence-electron chi connectivity index (χ0n) is 9.26. The van der Waals surface area contributed by atoms with Gasteiger partial charge in [0.05, 0.1) is 5.60 Å². The third-order valence-corrected chi connectivity index (χ3v) is 4.79. The van der Waals surface area contributed by atoms with Crippen molar-refractivity contribution in [3.05, 3.63) is 0 Å². The minimum atomic E-state index is -0.298. The summed E-state index contributed by atoms with van der Waals surface area (Å²) < 4.78 is 0. The average molecular weight is 350 g/mol. The molecule has 4 saturated carbocycles. The predicted octanol–water partition coefficient (Wildman–Crippen LogP) is -4.18. The molecule has 4 aliphatic carbocycles. The first-order chi connectivity index (χ1) is 5.66. The van der Waals surface area contributed by atoms with Crippen molar-refractivity contribution >= 4 is 23.1 Å². The summed E-state index contributed by atoms with van der Waals surface area (Å²) in [7, 11) is 0. The van der Waals surface area contributed by atoms with Gasteiger partial charge in [-0.3, -0.25) is 0 Å². The molecular formula is C11H18Br2MgO. The van der Waals surface area contributed by atoms with Gasteiger partial charge in [0.2, 0.25) is 0 Å². The van der Waals surface area contributed by atoms with Crippen LogP contribution in [0.3, 0.4) is 0 Å². The Kier molecular flexibility index (Phi) is 6.18. The molecule has 0 aromatic rings. The third kappa shape index (κ3) is 2.59. The molecule has 0 aromatic heterocycles. The number of aliphatic hydroxyl groups is 1. The van der Waals surface area contributed by atoms with Crippen LogP contribution in [0.2, 0.25) is 0 Å². The van der Waals surface area contributed by atoms with E-state index in [1.54, 1.807) is 0 Å². The molecule has 15 heavy (non-hydrogen) atoms. The molecule has 4 bridgehead atoms. The Balaban J connectivity index is 0.000000653. The standard InChI is InChI=1S/C11H18O.2BrH.Mg/c1-11(12)9-3-7-2-8(5-9)6-10(11)4-7;;;/h7-10,12H,2-6H2,1H3;2*1H;/q;;;+2/p-2. The van der Waals surface area contributed by atoms with Crippen molar-refractivity contribution in [2.24, 2.45) is 23.7 Å². The van der Waals surface area contributed by atoms with E-state index in [2.05, 4.69) is 6.92 Å². The van der Waals surface area contributed by atoms with Crippen LogP contribution in [0.15, 0.2) is 0 Å². The molecule has 4 aliphatic rings. The van der Waals surface area contributed by atoms with Gasteiger partial charge in [-0.25, -0.2) is 0 Å². The number of hydrogen-bond acceptors (Lipinski definition) is 1. The fourth-order valence-corrected chi connectivity index (χ4v) is 4.14. The summed E-state index contributed by atoms with van der Waals surface area (Å²) in [5.74, 6) is 3.25. The van der Waals surface area contributed by atoms with Crippen LogP contribution in [0.5, 0.6) is 0 Å². The summed E-state index contributed by atoms with van der Waals surface area (Å²) in [6, 6.07) is 0. The maximum Gasteiger partial charge on any atom is 2.00 e. The predicted molar refractivity (Wildman–Crippen MR) is 53.4 cm³/mol. The van der Waals surface area contributed by atoms with E-state index in [0.29, 0.717) is 11.8 Å². The van der Waals surface area contributed by atoms with Crippen LogP contribution in [0, 0.1) is 23.7 Å². The molecule has 0 aromatic carbocycles. The van der Waals surface area contributed by atoms with Crippen LogP contribution in [0.1, 0.15) is 39.0 Å². The second kappa shape index (κ2) is 5.55. The summed E-state index contributed by atoms with van der Waals surface area (Å²) in [6.45, 7) is 2.08. The second-order valence-corrected chi connectivity index (χ2v) is 5.53. The topological polar surface area (TPSA) is 20.2 Å². The Labute approximate surface area is 129 Å². The van der Waals surface area contributed by atoms with Crippen molar-refractivity contribution in [2.45, 2.75) is 44.6 Å². The molecule has 0 heterocycles. The van der Waals surface area contributed by atoms with E-state index in [9.17, 15) is 5.11 Å². The first kappa shape index (κ1) is 16.7. The van der Waals surface area contributed by atoms with Gasteiger partial charge in [0, 0.05) is 0 Å². The molecule has 4 rings (SSSR count). The Morgan fingerprint density at radius 3 is 1.53 bits per heavy atom. The second-order valence-electron chi connectivity index (χ2n) is 5.53. The largest absolute Gasteiger partial charge is 2.00 e. The zero-order valence-corrected chi connectivity index (χ0v) is 13.8. The fraction of sp³-hybridized carbons (Fsp3) is 1.00. The van der Waals surface area contributed by atoms with Crippen molar-refractivity contribution < 1.29 is 39.1 Å². The van der Waals surface area contributed by atoms with E-state index in [1.807, 2.05) is 0 Å². The van der Waals surface area contributed by atoms with E-state index in [1.165, 1.54) is 32.1 Å². The van der Waals surface area contributed by atoms with Crippen molar-refractivity contribution in [1.29, 1.82) is 0 Å². The van der Waals surface area contributed by atoms with Crippen LogP contribution in [-0.2, 0) is 0 Å². The van der Waals surface area contributed by atoms with Gasteiger partial charge < -0.3 is 39.1 Å². The van der Waals surface area contributed by atoms with Gasteiger partial charge in [-0.15, -0.1) is 0 Å². The van der Waals surface area contributed by atoms with Crippen molar-refractivity contribution in [3.63, 3.8) is 0 Å². The fourth-order valence-electron chi connectivity index (χ4n) is 4.14. The summed E-state index contributed by atoms with van der Waals surface area (Å²) in [5.41, 5.74) is -0.298. The molecule has 0 saturated heterocycles. The monoisotopic (exact) mass is 348 g/mol. The van der Waals surface area contributed by atoms with Gasteiger partial charge in [0.15, 0.2) is 0 Å². The van der Waals surface area contributed by atoms with Crippen LogP contribution >= 0.6 is 0 Å². The molecule has 84 valence electrons. The average Bonchev–Trinajstić information content (AvgIpc) is 1.99. The van der Waals surface area contributed by atoms with Crippen molar-refractivity contribution in [3.8, 4) is 0 Å². The Morgan fingerprint density at radius 2 is 1.20 bits per heavy atom. The van der Waals surface area contributed by atoms with Gasteiger partial charge in [-0.05, 0) is 62.7 Å². The minimum absolute atomic E-state index is 0. The first-order valence-electron chi connectivity index (χ1n) is 5.38. The quantitative estimate of drug-likeness (QED) is 0.440. The zero-order chi connectivity index (χ0) is 8.34. The molecule has 0 amide bonds. The van der Waals surface area contributed by atoms with E-state index in [-0.39, 0.29) is 62.6 Å². The van der Waals surface area contributed by atoms with Crippen LogP contribution < -0.4 is 34.0 Å². The molecule has 0 radical (unpaired) electrons. The Morgan fingerprint density at radius 1 is 0.867 bits per heavy atom. The summed E-state index contributed by atoms with van der Waals surface area (Å²) in [6.07, 6.45) is 6.75. The normalized spacial score (nSPS) is 50.0. The number of halogens is 2. The van der Waals surface area contributed by atoms with Gasteiger partial charge in [0.25, 0.3) is 0 Å². The molecular weight excluding hydrogens is 332 g/mol. The SMILES string of the molecule is CC1(O)C2CC3CC(C2)CC1C3.[Br-].[Br-].[Mg+2]. The van der Waals surface area contributed by atoms with Gasteiger partial charge in [-0.1, -0.05) is 0 Å². The van der Waals surface area contributed by atoms with Gasteiger partial charge >= 0.3 is 23.1 Å². The summed E-state index contributed by atoms with van der Waals surface area (Å²) in [5, 5.41) is 10.3. The van der Waals surface area contributed by atoms with Crippen LogP contribution in [0.4, 0.5) is 0 Å². The van der Waals surface area contributed by atoms with E-state index in [0.717, 1.165) is 11.8 Å². The molecule has 0 aliphatic heterocycles. The first-order valence-corrected chi connectivity index (χ1v) is 5.38. The third-order valence-electron chi connectivity index (χ3n) is 4.79. The molecule has 1 nitrogen and oxygen atoms in total. The van der Waals surface area contributed by atoms with Crippen LogP contribution in [0.25, 0.3) is 0 Å². The smallest absolute Gasteiger partial charge is 1.00 e. The Hall–Kier alpha value is 1.69. The Bertz CT molecular complexity index is 191. The molecule has 0 spiro atoms. The molecule has 1 N–H and O–H groups in total.